The highest BCUT2D eigenvalue weighted by Crippen LogP contribution is 2.30. The summed E-state index contributed by atoms with van der Waals surface area (Å²) in [6, 6.07) is 6.00. The van der Waals surface area contributed by atoms with E-state index in [1.54, 1.807) is 0 Å². The molecule has 0 atom stereocenters. The molecule has 1 aliphatic carbocycles. The molecular formula is C17H17FN2O2S. The van der Waals surface area contributed by atoms with E-state index in [1.165, 1.54) is 46.9 Å². The van der Waals surface area contributed by atoms with Crippen LogP contribution in [0, 0.1) is 5.82 Å². The quantitative estimate of drug-likeness (QED) is 0.893. The molecule has 2 N–H and O–H groups in total. The Bertz CT molecular complexity index is 746. The lowest BCUT2D eigenvalue weighted by molar-refractivity contribution is -0.114. The molecule has 1 aromatic heterocycles. The summed E-state index contributed by atoms with van der Waals surface area (Å²) in [7, 11) is 0. The molecule has 4 nitrogen and oxygen atoms in total. The number of amides is 2. The van der Waals surface area contributed by atoms with Crippen molar-refractivity contribution >= 4 is 34.5 Å². The molecule has 6 heteroatoms. The van der Waals surface area contributed by atoms with Crippen LogP contribution in [0.3, 0.4) is 0 Å². The molecule has 1 heterocycles. The van der Waals surface area contributed by atoms with Crippen molar-refractivity contribution in [2.75, 3.05) is 10.6 Å². The van der Waals surface area contributed by atoms with Gasteiger partial charge in [0.25, 0.3) is 5.91 Å². The van der Waals surface area contributed by atoms with Crippen molar-refractivity contribution in [3.63, 3.8) is 0 Å². The summed E-state index contributed by atoms with van der Waals surface area (Å²) < 4.78 is 13.9. The first kappa shape index (κ1) is 15.7. The Morgan fingerprint density at radius 3 is 2.65 bits per heavy atom. The Hall–Kier alpha value is -2.21. The number of nitrogens with one attached hydrogen (secondary N) is 2. The van der Waals surface area contributed by atoms with E-state index in [1.807, 2.05) is 6.07 Å². The van der Waals surface area contributed by atoms with Gasteiger partial charge in [0, 0.05) is 17.5 Å². The van der Waals surface area contributed by atoms with E-state index in [2.05, 4.69) is 10.6 Å². The first-order valence-electron chi connectivity index (χ1n) is 7.53. The second-order valence-electron chi connectivity index (χ2n) is 5.60. The van der Waals surface area contributed by atoms with E-state index < -0.39 is 5.82 Å². The Balaban J connectivity index is 1.79. The Kier molecular flexibility index (Phi) is 4.43. The summed E-state index contributed by atoms with van der Waals surface area (Å²) in [5, 5.41) is 5.17. The summed E-state index contributed by atoms with van der Waals surface area (Å²) in [5.74, 6) is -1.10. The normalized spacial score (nSPS) is 13.3. The number of rotatable bonds is 3. The Labute approximate surface area is 137 Å². The number of carbonyl (C=O) groups excluding carboxylic acids is 2. The van der Waals surface area contributed by atoms with Crippen LogP contribution in [0.5, 0.6) is 0 Å². The standard InChI is InChI=1S/C17H17FN2O2S/c1-10(21)19-12-6-7-13(18)14(9-12)20-17(22)16-8-11-4-2-3-5-15(11)23-16/h6-9H,2-5H2,1H3,(H,19,21)(H,20,22). The van der Waals surface area contributed by atoms with E-state index in [0.29, 0.717) is 10.6 Å². The zero-order valence-corrected chi connectivity index (χ0v) is 13.6. The first-order chi connectivity index (χ1) is 11.0. The Morgan fingerprint density at radius 2 is 1.91 bits per heavy atom. The van der Waals surface area contributed by atoms with Crippen molar-refractivity contribution < 1.29 is 14.0 Å². The minimum absolute atomic E-state index is 0.0626. The monoisotopic (exact) mass is 332 g/mol. The van der Waals surface area contributed by atoms with Gasteiger partial charge in [-0.15, -0.1) is 11.3 Å². The van der Waals surface area contributed by atoms with E-state index in [9.17, 15) is 14.0 Å². The van der Waals surface area contributed by atoms with Crippen LogP contribution in [-0.2, 0) is 17.6 Å². The number of hydrogen-bond donors (Lipinski definition) is 2. The van der Waals surface area contributed by atoms with Gasteiger partial charge in [-0.25, -0.2) is 4.39 Å². The molecule has 23 heavy (non-hydrogen) atoms. The van der Waals surface area contributed by atoms with Crippen LogP contribution >= 0.6 is 11.3 Å². The van der Waals surface area contributed by atoms with Crippen molar-refractivity contribution in [2.45, 2.75) is 32.6 Å². The van der Waals surface area contributed by atoms with Crippen LogP contribution in [0.4, 0.5) is 15.8 Å². The number of thiophene rings is 1. The highest BCUT2D eigenvalue weighted by atomic mass is 32.1. The van der Waals surface area contributed by atoms with Gasteiger partial charge in [-0.3, -0.25) is 9.59 Å². The molecule has 1 aromatic carbocycles. The van der Waals surface area contributed by atoms with E-state index in [4.69, 9.17) is 0 Å². The summed E-state index contributed by atoms with van der Waals surface area (Å²) in [5.41, 5.74) is 1.74. The molecule has 120 valence electrons. The highest BCUT2D eigenvalue weighted by molar-refractivity contribution is 7.14. The molecule has 2 amide bonds. The van der Waals surface area contributed by atoms with Gasteiger partial charge >= 0.3 is 0 Å². The molecular weight excluding hydrogens is 315 g/mol. The predicted molar refractivity (Wildman–Crippen MR) is 89.6 cm³/mol. The zero-order chi connectivity index (χ0) is 16.4. The third-order valence-corrected chi connectivity index (χ3v) is 4.99. The fraction of sp³-hybridized carbons (Fsp3) is 0.294. The van der Waals surface area contributed by atoms with Crippen molar-refractivity contribution in [3.8, 4) is 0 Å². The minimum Gasteiger partial charge on any atom is -0.326 e. The lowest BCUT2D eigenvalue weighted by atomic mass is 9.99. The number of aryl methyl sites for hydroxylation is 2. The fourth-order valence-electron chi connectivity index (χ4n) is 2.69. The molecule has 0 saturated heterocycles. The second kappa shape index (κ2) is 6.50. The van der Waals surface area contributed by atoms with Gasteiger partial charge < -0.3 is 10.6 Å². The molecule has 0 radical (unpaired) electrons. The largest absolute Gasteiger partial charge is 0.326 e. The van der Waals surface area contributed by atoms with Crippen LogP contribution in [-0.4, -0.2) is 11.8 Å². The van der Waals surface area contributed by atoms with Gasteiger partial charge in [-0.2, -0.15) is 0 Å². The molecule has 2 aromatic rings. The molecule has 0 saturated carbocycles. The van der Waals surface area contributed by atoms with E-state index >= 15 is 0 Å². The van der Waals surface area contributed by atoms with Crippen LogP contribution < -0.4 is 10.6 Å². The molecule has 0 spiro atoms. The topological polar surface area (TPSA) is 58.2 Å². The molecule has 0 unspecified atom stereocenters. The first-order valence-corrected chi connectivity index (χ1v) is 8.34. The Morgan fingerprint density at radius 1 is 1.13 bits per heavy atom. The van der Waals surface area contributed by atoms with Gasteiger partial charge in [0.05, 0.1) is 10.6 Å². The number of hydrogen-bond acceptors (Lipinski definition) is 3. The second-order valence-corrected chi connectivity index (χ2v) is 6.73. The summed E-state index contributed by atoms with van der Waals surface area (Å²) in [6.07, 6.45) is 4.32. The summed E-state index contributed by atoms with van der Waals surface area (Å²) in [6.45, 7) is 1.37. The maximum atomic E-state index is 13.9. The summed E-state index contributed by atoms with van der Waals surface area (Å²) in [4.78, 5) is 25.3. The van der Waals surface area contributed by atoms with Crippen LogP contribution in [0.1, 0.15) is 39.9 Å². The van der Waals surface area contributed by atoms with Crippen molar-refractivity contribution in [3.05, 3.63) is 45.4 Å². The third kappa shape index (κ3) is 3.59. The van der Waals surface area contributed by atoms with Gasteiger partial charge in [-0.05, 0) is 55.5 Å². The lowest BCUT2D eigenvalue weighted by Crippen LogP contribution is -2.12. The maximum Gasteiger partial charge on any atom is 0.265 e. The molecule has 0 aliphatic heterocycles. The minimum atomic E-state index is -0.534. The van der Waals surface area contributed by atoms with Crippen LogP contribution in [0.25, 0.3) is 0 Å². The number of halogens is 1. The average Bonchev–Trinajstić information content (AvgIpc) is 2.94. The summed E-state index contributed by atoms with van der Waals surface area (Å²) >= 11 is 1.48. The van der Waals surface area contributed by atoms with Gasteiger partial charge in [0.1, 0.15) is 5.82 Å². The molecule has 0 bridgehead atoms. The highest BCUT2D eigenvalue weighted by Gasteiger charge is 2.18. The molecule has 3 rings (SSSR count). The van der Waals surface area contributed by atoms with Crippen LogP contribution in [0.2, 0.25) is 0 Å². The predicted octanol–water partition coefficient (Wildman–Crippen LogP) is 3.98. The van der Waals surface area contributed by atoms with Crippen molar-refractivity contribution in [1.82, 2.24) is 0 Å². The average molecular weight is 332 g/mol. The van der Waals surface area contributed by atoms with Crippen molar-refractivity contribution in [2.24, 2.45) is 0 Å². The number of carbonyl (C=O) groups is 2. The van der Waals surface area contributed by atoms with Crippen molar-refractivity contribution in [1.29, 1.82) is 0 Å². The molecule has 0 fully saturated rings. The number of anilines is 2. The van der Waals surface area contributed by atoms with E-state index in [0.717, 1.165) is 25.7 Å². The SMILES string of the molecule is CC(=O)Nc1ccc(F)c(NC(=O)c2cc3c(s2)CCCC3)c1. The number of benzene rings is 1. The van der Waals surface area contributed by atoms with Gasteiger partial charge in [-0.1, -0.05) is 0 Å². The smallest absolute Gasteiger partial charge is 0.265 e. The maximum absolute atomic E-state index is 13.9. The van der Waals surface area contributed by atoms with Gasteiger partial charge in [0.2, 0.25) is 5.91 Å². The number of fused-ring (bicyclic) bond motifs is 1. The van der Waals surface area contributed by atoms with E-state index in [-0.39, 0.29) is 17.5 Å². The zero-order valence-electron chi connectivity index (χ0n) is 12.7. The van der Waals surface area contributed by atoms with Crippen LogP contribution in [0.15, 0.2) is 24.3 Å². The lowest BCUT2D eigenvalue weighted by Gasteiger charge is -2.08. The van der Waals surface area contributed by atoms with Gasteiger partial charge in [0.15, 0.2) is 0 Å². The third-order valence-electron chi connectivity index (χ3n) is 3.76. The fourth-order valence-corrected chi connectivity index (χ4v) is 3.84. The molecule has 1 aliphatic rings.